The van der Waals surface area contributed by atoms with Crippen LogP contribution in [-0.2, 0) is 4.79 Å². The van der Waals surface area contributed by atoms with Gasteiger partial charge in [-0.3, -0.25) is 4.79 Å². The summed E-state index contributed by atoms with van der Waals surface area (Å²) in [5.74, 6) is 1.98. The zero-order chi connectivity index (χ0) is 20.1. The SMILES string of the molecule is COc1cc(/C=C/C(=O)NC2CCOc3ccc(Br)cc32)ccc1OC(C)C. The number of hydrogen-bond acceptors (Lipinski definition) is 4. The minimum Gasteiger partial charge on any atom is -0.493 e. The quantitative estimate of drug-likeness (QED) is 0.642. The molecule has 1 unspecified atom stereocenters. The van der Waals surface area contributed by atoms with Crippen molar-refractivity contribution in [2.75, 3.05) is 13.7 Å². The summed E-state index contributed by atoms with van der Waals surface area (Å²) in [5.41, 5.74) is 1.84. The molecule has 6 heteroatoms. The van der Waals surface area contributed by atoms with Gasteiger partial charge in [0.1, 0.15) is 5.75 Å². The van der Waals surface area contributed by atoms with Crippen LogP contribution in [0.1, 0.15) is 37.4 Å². The van der Waals surface area contributed by atoms with E-state index in [1.807, 2.05) is 50.2 Å². The van der Waals surface area contributed by atoms with Crippen LogP contribution in [-0.4, -0.2) is 25.7 Å². The lowest BCUT2D eigenvalue weighted by Crippen LogP contribution is -2.31. The minimum atomic E-state index is -0.153. The molecule has 3 rings (SSSR count). The van der Waals surface area contributed by atoms with Gasteiger partial charge in [-0.15, -0.1) is 0 Å². The van der Waals surface area contributed by atoms with Crippen molar-refractivity contribution >= 4 is 27.9 Å². The Kier molecular flexibility index (Phi) is 6.62. The van der Waals surface area contributed by atoms with Gasteiger partial charge in [-0.25, -0.2) is 0 Å². The zero-order valence-corrected chi connectivity index (χ0v) is 17.8. The summed E-state index contributed by atoms with van der Waals surface area (Å²) >= 11 is 3.48. The highest BCUT2D eigenvalue weighted by atomic mass is 79.9. The lowest BCUT2D eigenvalue weighted by atomic mass is 10.0. The number of benzene rings is 2. The van der Waals surface area contributed by atoms with Crippen molar-refractivity contribution in [2.45, 2.75) is 32.4 Å². The van der Waals surface area contributed by atoms with Crippen LogP contribution in [0.5, 0.6) is 17.2 Å². The van der Waals surface area contributed by atoms with Gasteiger partial charge in [-0.05, 0) is 55.8 Å². The van der Waals surface area contributed by atoms with E-state index >= 15 is 0 Å². The molecule has 0 saturated carbocycles. The van der Waals surface area contributed by atoms with Crippen molar-refractivity contribution in [1.29, 1.82) is 0 Å². The Hall–Kier alpha value is -2.47. The van der Waals surface area contributed by atoms with E-state index in [2.05, 4.69) is 21.2 Å². The van der Waals surface area contributed by atoms with Gasteiger partial charge >= 0.3 is 0 Å². The Morgan fingerprint density at radius 3 is 2.82 bits per heavy atom. The Bertz CT molecular complexity index is 879. The molecule has 0 aromatic heterocycles. The first-order valence-electron chi connectivity index (χ1n) is 9.22. The molecule has 1 aliphatic heterocycles. The summed E-state index contributed by atoms with van der Waals surface area (Å²) in [7, 11) is 1.60. The van der Waals surface area contributed by atoms with Crippen molar-refractivity contribution in [3.05, 3.63) is 58.1 Å². The topological polar surface area (TPSA) is 56.8 Å². The molecule has 0 aliphatic carbocycles. The molecule has 1 amide bonds. The first-order valence-corrected chi connectivity index (χ1v) is 10.0. The summed E-state index contributed by atoms with van der Waals surface area (Å²) in [6.07, 6.45) is 4.09. The Balaban J connectivity index is 1.69. The van der Waals surface area contributed by atoms with Gasteiger partial charge in [0.2, 0.25) is 5.91 Å². The van der Waals surface area contributed by atoms with Crippen LogP contribution in [0.2, 0.25) is 0 Å². The number of carbonyl (C=O) groups excluding carboxylic acids is 1. The number of methoxy groups -OCH3 is 1. The van der Waals surface area contributed by atoms with E-state index in [1.165, 1.54) is 6.08 Å². The van der Waals surface area contributed by atoms with Crippen LogP contribution in [0.15, 0.2) is 46.9 Å². The Labute approximate surface area is 173 Å². The van der Waals surface area contributed by atoms with Crippen LogP contribution < -0.4 is 19.5 Å². The fraction of sp³-hybridized carbons (Fsp3) is 0.318. The number of fused-ring (bicyclic) bond motifs is 1. The molecule has 148 valence electrons. The fourth-order valence-corrected chi connectivity index (χ4v) is 3.42. The van der Waals surface area contributed by atoms with Crippen molar-refractivity contribution in [3.63, 3.8) is 0 Å². The normalized spacial score (nSPS) is 15.8. The maximum Gasteiger partial charge on any atom is 0.244 e. The second kappa shape index (κ2) is 9.15. The van der Waals surface area contributed by atoms with E-state index in [9.17, 15) is 4.79 Å². The molecule has 0 saturated heterocycles. The summed E-state index contributed by atoms with van der Waals surface area (Å²) < 4.78 is 17.7. The largest absolute Gasteiger partial charge is 0.493 e. The first-order chi connectivity index (χ1) is 13.5. The van der Waals surface area contributed by atoms with Gasteiger partial charge in [-0.2, -0.15) is 0 Å². The molecule has 5 nitrogen and oxygen atoms in total. The van der Waals surface area contributed by atoms with E-state index in [4.69, 9.17) is 14.2 Å². The van der Waals surface area contributed by atoms with Gasteiger partial charge < -0.3 is 19.5 Å². The molecule has 0 fully saturated rings. The van der Waals surface area contributed by atoms with Crippen LogP contribution in [0.3, 0.4) is 0 Å². The summed E-state index contributed by atoms with van der Waals surface area (Å²) in [5, 5.41) is 3.06. The lowest BCUT2D eigenvalue weighted by molar-refractivity contribution is -0.117. The van der Waals surface area contributed by atoms with Crippen molar-refractivity contribution in [2.24, 2.45) is 0 Å². The molecule has 0 spiro atoms. The molecule has 0 bridgehead atoms. The molecule has 1 atom stereocenters. The van der Waals surface area contributed by atoms with Gasteiger partial charge in [0, 0.05) is 22.5 Å². The predicted octanol–water partition coefficient (Wildman–Crippen LogP) is 4.90. The number of amides is 1. The van der Waals surface area contributed by atoms with E-state index in [-0.39, 0.29) is 18.1 Å². The predicted molar refractivity (Wildman–Crippen MR) is 113 cm³/mol. The minimum absolute atomic E-state index is 0.0588. The third kappa shape index (κ3) is 5.07. The maximum absolute atomic E-state index is 12.4. The first kappa shape index (κ1) is 20.3. The number of nitrogens with one attached hydrogen (secondary N) is 1. The van der Waals surface area contributed by atoms with Gasteiger partial charge in [-0.1, -0.05) is 22.0 Å². The van der Waals surface area contributed by atoms with Crippen molar-refractivity contribution in [1.82, 2.24) is 5.32 Å². The third-order valence-corrected chi connectivity index (χ3v) is 4.80. The van der Waals surface area contributed by atoms with Crippen LogP contribution >= 0.6 is 15.9 Å². The molecule has 1 heterocycles. The molecule has 1 N–H and O–H groups in total. The average Bonchev–Trinajstić information content (AvgIpc) is 2.67. The van der Waals surface area contributed by atoms with Gasteiger partial charge in [0.05, 0.1) is 25.9 Å². The Morgan fingerprint density at radius 2 is 2.07 bits per heavy atom. The van der Waals surface area contributed by atoms with E-state index < -0.39 is 0 Å². The summed E-state index contributed by atoms with van der Waals surface area (Å²) in [6.45, 7) is 4.51. The number of rotatable bonds is 6. The Morgan fingerprint density at radius 1 is 1.25 bits per heavy atom. The smallest absolute Gasteiger partial charge is 0.244 e. The number of ether oxygens (including phenoxy) is 3. The molecule has 0 radical (unpaired) electrons. The highest BCUT2D eigenvalue weighted by Crippen LogP contribution is 2.34. The van der Waals surface area contributed by atoms with E-state index in [1.54, 1.807) is 13.2 Å². The fourth-order valence-electron chi connectivity index (χ4n) is 3.05. The van der Waals surface area contributed by atoms with Crippen molar-refractivity contribution < 1.29 is 19.0 Å². The molecule has 2 aromatic carbocycles. The number of carbonyl (C=O) groups is 1. The van der Waals surface area contributed by atoms with Crippen LogP contribution in [0.4, 0.5) is 0 Å². The molecule has 2 aromatic rings. The number of hydrogen-bond donors (Lipinski definition) is 1. The van der Waals surface area contributed by atoms with Gasteiger partial charge in [0.15, 0.2) is 11.5 Å². The molecule has 1 aliphatic rings. The molecular weight excluding hydrogens is 422 g/mol. The lowest BCUT2D eigenvalue weighted by Gasteiger charge is -2.26. The van der Waals surface area contributed by atoms with E-state index in [0.29, 0.717) is 18.1 Å². The summed E-state index contributed by atoms with van der Waals surface area (Å²) in [4.78, 5) is 12.4. The maximum atomic E-state index is 12.4. The number of halogens is 1. The second-order valence-electron chi connectivity index (χ2n) is 6.79. The third-order valence-electron chi connectivity index (χ3n) is 4.31. The zero-order valence-electron chi connectivity index (χ0n) is 16.2. The molecule has 28 heavy (non-hydrogen) atoms. The molecular formula is C22H24BrNO4. The highest BCUT2D eigenvalue weighted by Gasteiger charge is 2.22. The van der Waals surface area contributed by atoms with Crippen LogP contribution in [0, 0.1) is 0 Å². The standard InChI is InChI=1S/C22H24BrNO4/c1-14(2)28-20-7-4-15(12-21(20)26-3)5-9-22(25)24-18-10-11-27-19-8-6-16(23)13-17(18)19/h4-9,12-14,18H,10-11H2,1-3H3,(H,24,25)/b9-5+. The van der Waals surface area contributed by atoms with Crippen LogP contribution in [0.25, 0.3) is 6.08 Å². The van der Waals surface area contributed by atoms with E-state index in [0.717, 1.165) is 27.8 Å². The monoisotopic (exact) mass is 445 g/mol. The second-order valence-corrected chi connectivity index (χ2v) is 7.71. The highest BCUT2D eigenvalue weighted by molar-refractivity contribution is 9.10. The average molecular weight is 446 g/mol. The summed E-state index contributed by atoms with van der Waals surface area (Å²) in [6, 6.07) is 11.4. The van der Waals surface area contributed by atoms with Crippen molar-refractivity contribution in [3.8, 4) is 17.2 Å². The van der Waals surface area contributed by atoms with Gasteiger partial charge in [0.25, 0.3) is 0 Å².